The normalized spacial score (nSPS) is 12.7. The number of aliphatic hydroxyl groups excluding tert-OH is 1. The third-order valence-corrected chi connectivity index (χ3v) is 2.85. The third kappa shape index (κ3) is 3.08. The largest absolute Gasteiger partial charge is 0.475 e. The number of furan rings is 1. The maximum Gasteiger partial charge on any atom is 0.371 e. The first-order valence-corrected chi connectivity index (χ1v) is 5.19. The highest BCUT2D eigenvalue weighted by Gasteiger charge is 2.10. The molecule has 4 nitrogen and oxygen atoms in total. The molecule has 0 aliphatic carbocycles. The van der Waals surface area contributed by atoms with Crippen molar-refractivity contribution >= 4 is 17.7 Å². The van der Waals surface area contributed by atoms with Crippen LogP contribution in [0.3, 0.4) is 0 Å². The van der Waals surface area contributed by atoms with Crippen LogP contribution in [0.4, 0.5) is 0 Å². The van der Waals surface area contributed by atoms with Gasteiger partial charge in [0, 0.05) is 12.4 Å². The zero-order chi connectivity index (χ0) is 10.6. The first-order chi connectivity index (χ1) is 6.63. The number of aliphatic hydroxyl groups is 1. The Hall–Kier alpha value is -0.940. The number of hydrogen-bond donors (Lipinski definition) is 2. The van der Waals surface area contributed by atoms with Gasteiger partial charge in [-0.25, -0.2) is 4.79 Å². The number of rotatable bonds is 5. The molecule has 0 bridgehead atoms. The third-order valence-electron chi connectivity index (χ3n) is 1.61. The fourth-order valence-corrected chi connectivity index (χ4v) is 1.66. The maximum absolute atomic E-state index is 10.5. The van der Waals surface area contributed by atoms with E-state index in [4.69, 9.17) is 14.6 Å². The molecule has 1 unspecified atom stereocenters. The van der Waals surface area contributed by atoms with Crippen molar-refractivity contribution in [1.29, 1.82) is 0 Å². The Kier molecular flexibility index (Phi) is 4.03. The lowest BCUT2D eigenvalue weighted by molar-refractivity contribution is 0.0656. The molecule has 1 atom stereocenters. The molecule has 0 radical (unpaired) electrons. The molecule has 0 aliphatic rings. The summed E-state index contributed by atoms with van der Waals surface area (Å²) in [5.74, 6) is -0.224. The van der Waals surface area contributed by atoms with Crippen molar-refractivity contribution < 1.29 is 19.4 Å². The molecule has 0 aliphatic heterocycles. The van der Waals surface area contributed by atoms with Crippen LogP contribution < -0.4 is 0 Å². The van der Waals surface area contributed by atoms with Crippen LogP contribution in [0.25, 0.3) is 0 Å². The smallest absolute Gasteiger partial charge is 0.371 e. The van der Waals surface area contributed by atoms with Crippen molar-refractivity contribution in [2.45, 2.75) is 12.0 Å². The van der Waals surface area contributed by atoms with Crippen LogP contribution in [0.15, 0.2) is 21.6 Å². The molecule has 0 fully saturated rings. The van der Waals surface area contributed by atoms with Crippen LogP contribution in [-0.4, -0.2) is 28.5 Å². The SMILES string of the molecule is CC(CO)CSc1ccc(C(=O)O)o1. The molecule has 0 aromatic carbocycles. The van der Waals surface area contributed by atoms with E-state index in [9.17, 15) is 4.79 Å². The van der Waals surface area contributed by atoms with E-state index in [0.717, 1.165) is 0 Å². The number of carboxylic acids is 1. The van der Waals surface area contributed by atoms with Gasteiger partial charge in [-0.1, -0.05) is 18.7 Å². The lowest BCUT2D eigenvalue weighted by Gasteiger charge is -2.03. The van der Waals surface area contributed by atoms with E-state index in [2.05, 4.69) is 0 Å². The minimum absolute atomic E-state index is 0.0517. The topological polar surface area (TPSA) is 70.7 Å². The molecule has 1 aromatic heterocycles. The summed E-state index contributed by atoms with van der Waals surface area (Å²) in [5, 5.41) is 17.9. The number of carbonyl (C=O) groups is 1. The van der Waals surface area contributed by atoms with E-state index in [1.54, 1.807) is 6.07 Å². The van der Waals surface area contributed by atoms with Crippen molar-refractivity contribution in [2.24, 2.45) is 5.92 Å². The minimum Gasteiger partial charge on any atom is -0.475 e. The van der Waals surface area contributed by atoms with Crippen molar-refractivity contribution in [3.63, 3.8) is 0 Å². The van der Waals surface area contributed by atoms with Crippen LogP contribution in [0, 0.1) is 5.92 Å². The molecule has 0 saturated carbocycles. The molecule has 14 heavy (non-hydrogen) atoms. The van der Waals surface area contributed by atoms with Crippen LogP contribution in [0.5, 0.6) is 0 Å². The van der Waals surface area contributed by atoms with Crippen LogP contribution in [0.1, 0.15) is 17.5 Å². The Balaban J connectivity index is 2.48. The highest BCUT2D eigenvalue weighted by Crippen LogP contribution is 2.22. The van der Waals surface area contributed by atoms with Gasteiger partial charge in [-0.3, -0.25) is 0 Å². The zero-order valence-electron chi connectivity index (χ0n) is 7.77. The van der Waals surface area contributed by atoms with Gasteiger partial charge < -0.3 is 14.6 Å². The molecule has 5 heteroatoms. The van der Waals surface area contributed by atoms with Gasteiger partial charge in [0.15, 0.2) is 5.09 Å². The summed E-state index contributed by atoms with van der Waals surface area (Å²) in [5.41, 5.74) is 0. The van der Waals surface area contributed by atoms with Gasteiger partial charge in [0.25, 0.3) is 0 Å². The van der Waals surface area contributed by atoms with Crippen molar-refractivity contribution in [2.75, 3.05) is 12.4 Å². The van der Waals surface area contributed by atoms with E-state index in [1.807, 2.05) is 6.92 Å². The summed E-state index contributed by atoms with van der Waals surface area (Å²) in [7, 11) is 0. The summed E-state index contributed by atoms with van der Waals surface area (Å²) in [6.07, 6.45) is 0. The van der Waals surface area contributed by atoms with E-state index in [0.29, 0.717) is 10.8 Å². The molecule has 1 heterocycles. The Bertz CT molecular complexity index is 308. The lowest BCUT2D eigenvalue weighted by Crippen LogP contribution is -2.02. The van der Waals surface area contributed by atoms with Crippen molar-refractivity contribution in [3.8, 4) is 0 Å². The molecule has 1 rings (SSSR count). The van der Waals surface area contributed by atoms with Gasteiger partial charge in [0.05, 0.1) is 0 Å². The van der Waals surface area contributed by atoms with E-state index in [1.165, 1.54) is 17.8 Å². The fourth-order valence-electron chi connectivity index (χ4n) is 0.790. The summed E-state index contributed by atoms with van der Waals surface area (Å²) in [6.45, 7) is 2.04. The second-order valence-corrected chi connectivity index (χ2v) is 4.05. The van der Waals surface area contributed by atoms with Crippen molar-refractivity contribution in [1.82, 2.24) is 0 Å². The number of thioether (sulfide) groups is 1. The fraction of sp³-hybridized carbons (Fsp3) is 0.444. The number of hydrogen-bond acceptors (Lipinski definition) is 4. The predicted octanol–water partition coefficient (Wildman–Crippen LogP) is 1.70. The molecule has 0 amide bonds. The Morgan fingerprint density at radius 2 is 2.36 bits per heavy atom. The quantitative estimate of drug-likeness (QED) is 0.733. The molecule has 1 aromatic rings. The Morgan fingerprint density at radius 3 is 2.86 bits per heavy atom. The lowest BCUT2D eigenvalue weighted by atomic mass is 10.2. The second kappa shape index (κ2) is 5.07. The van der Waals surface area contributed by atoms with Gasteiger partial charge >= 0.3 is 5.97 Å². The summed E-state index contributed by atoms with van der Waals surface area (Å²) < 4.78 is 5.02. The van der Waals surface area contributed by atoms with Crippen LogP contribution in [0.2, 0.25) is 0 Å². The first-order valence-electron chi connectivity index (χ1n) is 4.20. The van der Waals surface area contributed by atoms with Gasteiger partial charge in [0.1, 0.15) is 0 Å². The van der Waals surface area contributed by atoms with Gasteiger partial charge in [-0.15, -0.1) is 0 Å². The number of carboxylic acid groups (broad SMARTS) is 1. The average Bonchev–Trinajstić information content (AvgIpc) is 2.62. The summed E-state index contributed by atoms with van der Waals surface area (Å²) >= 11 is 1.40. The number of aromatic carboxylic acids is 1. The van der Waals surface area contributed by atoms with E-state index < -0.39 is 5.97 Å². The molecular formula is C9H12O4S. The Morgan fingerprint density at radius 1 is 1.64 bits per heavy atom. The summed E-state index contributed by atoms with van der Waals surface area (Å²) in [6, 6.07) is 3.05. The average molecular weight is 216 g/mol. The standard InChI is InChI=1S/C9H12O4S/c1-6(4-10)5-14-8-3-2-7(13-8)9(11)12/h2-3,6,10H,4-5H2,1H3,(H,11,12). The minimum atomic E-state index is -1.06. The Labute approximate surface area is 85.9 Å². The van der Waals surface area contributed by atoms with Crippen LogP contribution >= 0.6 is 11.8 Å². The predicted molar refractivity (Wildman–Crippen MR) is 52.6 cm³/mol. The van der Waals surface area contributed by atoms with Gasteiger partial charge in [-0.2, -0.15) is 0 Å². The molecule has 0 spiro atoms. The zero-order valence-corrected chi connectivity index (χ0v) is 8.58. The van der Waals surface area contributed by atoms with E-state index in [-0.39, 0.29) is 18.3 Å². The van der Waals surface area contributed by atoms with Crippen LogP contribution in [-0.2, 0) is 0 Å². The monoisotopic (exact) mass is 216 g/mol. The molecule has 2 N–H and O–H groups in total. The highest BCUT2D eigenvalue weighted by molar-refractivity contribution is 7.99. The van der Waals surface area contributed by atoms with Gasteiger partial charge in [-0.05, 0) is 18.1 Å². The second-order valence-electron chi connectivity index (χ2n) is 3.02. The molecular weight excluding hydrogens is 204 g/mol. The molecule has 78 valence electrons. The first kappa shape index (κ1) is 11.1. The maximum atomic E-state index is 10.5. The molecule has 0 saturated heterocycles. The van der Waals surface area contributed by atoms with E-state index >= 15 is 0 Å². The summed E-state index contributed by atoms with van der Waals surface area (Å²) in [4.78, 5) is 10.5. The van der Waals surface area contributed by atoms with Gasteiger partial charge in [0.2, 0.25) is 5.76 Å². The highest BCUT2D eigenvalue weighted by atomic mass is 32.2. The van der Waals surface area contributed by atoms with Crippen molar-refractivity contribution in [3.05, 3.63) is 17.9 Å².